The Balaban J connectivity index is 1.64. The lowest BCUT2D eigenvalue weighted by molar-refractivity contribution is 0.0600. The fourth-order valence-corrected chi connectivity index (χ4v) is 2.19. The van der Waals surface area contributed by atoms with Gasteiger partial charge in [-0.2, -0.15) is 0 Å². The van der Waals surface area contributed by atoms with Crippen LogP contribution in [0.25, 0.3) is 11.5 Å². The SMILES string of the molecule is COC(=O)c1ccc(OCc2nnc(-c3cccc(Cl)c3)o2)cc1. The molecule has 0 radical (unpaired) electrons. The van der Waals surface area contributed by atoms with E-state index in [0.29, 0.717) is 28.1 Å². The Labute approximate surface area is 143 Å². The quantitative estimate of drug-likeness (QED) is 0.656. The van der Waals surface area contributed by atoms with E-state index in [4.69, 9.17) is 20.8 Å². The van der Waals surface area contributed by atoms with Gasteiger partial charge in [-0.1, -0.05) is 17.7 Å². The normalized spacial score (nSPS) is 10.4. The first-order valence-electron chi connectivity index (χ1n) is 7.05. The summed E-state index contributed by atoms with van der Waals surface area (Å²) in [5.41, 5.74) is 1.19. The zero-order valence-electron chi connectivity index (χ0n) is 12.7. The molecular weight excluding hydrogens is 332 g/mol. The standard InChI is InChI=1S/C17H13ClN2O4/c1-22-17(21)11-5-7-14(8-6-11)23-10-15-19-20-16(24-15)12-3-2-4-13(18)9-12/h2-9H,10H2,1H3. The third kappa shape index (κ3) is 3.72. The molecule has 6 nitrogen and oxygen atoms in total. The van der Waals surface area contributed by atoms with Crippen LogP contribution in [0.2, 0.25) is 5.02 Å². The molecule has 0 spiro atoms. The molecule has 0 unspecified atom stereocenters. The highest BCUT2D eigenvalue weighted by molar-refractivity contribution is 6.30. The fourth-order valence-electron chi connectivity index (χ4n) is 2.00. The molecular formula is C17H13ClN2O4. The van der Waals surface area contributed by atoms with Crippen molar-refractivity contribution in [3.63, 3.8) is 0 Å². The number of ether oxygens (including phenoxy) is 2. The number of esters is 1. The maximum atomic E-state index is 11.4. The molecule has 0 fully saturated rings. The Bertz CT molecular complexity index is 846. The van der Waals surface area contributed by atoms with Crippen LogP contribution in [-0.2, 0) is 11.3 Å². The van der Waals surface area contributed by atoms with Crippen molar-refractivity contribution in [1.29, 1.82) is 0 Å². The highest BCUT2D eigenvalue weighted by Gasteiger charge is 2.10. The van der Waals surface area contributed by atoms with Gasteiger partial charge in [-0.15, -0.1) is 10.2 Å². The number of nitrogens with zero attached hydrogens (tertiary/aromatic N) is 2. The van der Waals surface area contributed by atoms with Gasteiger partial charge in [0.15, 0.2) is 6.61 Å². The maximum absolute atomic E-state index is 11.4. The second-order valence-corrected chi connectivity index (χ2v) is 5.25. The number of hydrogen-bond acceptors (Lipinski definition) is 6. The van der Waals surface area contributed by atoms with Crippen molar-refractivity contribution in [2.75, 3.05) is 7.11 Å². The van der Waals surface area contributed by atoms with Crippen molar-refractivity contribution in [3.05, 3.63) is 65.0 Å². The summed E-state index contributed by atoms with van der Waals surface area (Å²) in [5, 5.41) is 8.50. The van der Waals surface area contributed by atoms with Gasteiger partial charge in [-0.25, -0.2) is 4.79 Å². The molecule has 0 aliphatic rings. The first-order chi connectivity index (χ1) is 11.7. The monoisotopic (exact) mass is 344 g/mol. The molecule has 122 valence electrons. The van der Waals surface area contributed by atoms with E-state index in [9.17, 15) is 4.79 Å². The van der Waals surface area contributed by atoms with Crippen LogP contribution in [0.3, 0.4) is 0 Å². The first kappa shape index (κ1) is 16.0. The van der Waals surface area contributed by atoms with E-state index in [-0.39, 0.29) is 6.61 Å². The van der Waals surface area contributed by atoms with Crippen LogP contribution >= 0.6 is 11.6 Å². The van der Waals surface area contributed by atoms with E-state index < -0.39 is 5.97 Å². The molecule has 0 atom stereocenters. The van der Waals surface area contributed by atoms with E-state index >= 15 is 0 Å². The van der Waals surface area contributed by atoms with Gasteiger partial charge in [0, 0.05) is 10.6 Å². The van der Waals surface area contributed by atoms with Crippen molar-refractivity contribution in [2.24, 2.45) is 0 Å². The topological polar surface area (TPSA) is 74.5 Å². The van der Waals surface area contributed by atoms with Gasteiger partial charge < -0.3 is 13.9 Å². The molecule has 0 aliphatic carbocycles. The van der Waals surface area contributed by atoms with Crippen LogP contribution in [0, 0.1) is 0 Å². The summed E-state index contributed by atoms with van der Waals surface area (Å²) in [6.07, 6.45) is 0. The molecule has 2 aromatic carbocycles. The van der Waals surface area contributed by atoms with Crippen LogP contribution < -0.4 is 4.74 Å². The molecule has 0 bridgehead atoms. The largest absolute Gasteiger partial charge is 0.484 e. The number of halogens is 1. The molecule has 24 heavy (non-hydrogen) atoms. The minimum atomic E-state index is -0.399. The van der Waals surface area contributed by atoms with Crippen molar-refractivity contribution >= 4 is 17.6 Å². The minimum Gasteiger partial charge on any atom is -0.484 e. The second kappa shape index (κ2) is 7.14. The highest BCUT2D eigenvalue weighted by atomic mass is 35.5. The molecule has 3 aromatic rings. The average molecular weight is 345 g/mol. The third-order valence-corrected chi connectivity index (χ3v) is 3.41. The summed E-state index contributed by atoms with van der Waals surface area (Å²) < 4.78 is 15.7. The lowest BCUT2D eigenvalue weighted by Gasteiger charge is -2.04. The Morgan fingerprint density at radius 3 is 2.67 bits per heavy atom. The summed E-state index contributed by atoms with van der Waals surface area (Å²) in [7, 11) is 1.33. The Morgan fingerprint density at radius 2 is 1.96 bits per heavy atom. The van der Waals surface area contributed by atoms with Crippen molar-refractivity contribution < 1.29 is 18.7 Å². The van der Waals surface area contributed by atoms with Gasteiger partial charge >= 0.3 is 5.97 Å². The number of aromatic nitrogens is 2. The van der Waals surface area contributed by atoms with E-state index in [0.717, 1.165) is 5.56 Å². The summed E-state index contributed by atoms with van der Waals surface area (Å²) >= 11 is 5.94. The smallest absolute Gasteiger partial charge is 0.337 e. The molecule has 0 saturated carbocycles. The van der Waals surface area contributed by atoms with Crippen LogP contribution in [-0.4, -0.2) is 23.3 Å². The average Bonchev–Trinajstić information content (AvgIpc) is 3.09. The van der Waals surface area contributed by atoms with Crippen molar-refractivity contribution in [2.45, 2.75) is 6.61 Å². The lowest BCUT2D eigenvalue weighted by atomic mass is 10.2. The van der Waals surface area contributed by atoms with Gasteiger partial charge in [0.2, 0.25) is 5.89 Å². The van der Waals surface area contributed by atoms with E-state index in [1.54, 1.807) is 42.5 Å². The number of benzene rings is 2. The van der Waals surface area contributed by atoms with Gasteiger partial charge in [0.25, 0.3) is 5.89 Å². The van der Waals surface area contributed by atoms with Gasteiger partial charge in [0.1, 0.15) is 5.75 Å². The van der Waals surface area contributed by atoms with Gasteiger partial charge in [0.05, 0.1) is 12.7 Å². The Kier molecular flexibility index (Phi) is 4.77. The van der Waals surface area contributed by atoms with E-state index in [2.05, 4.69) is 14.9 Å². The number of methoxy groups -OCH3 is 1. The number of hydrogen-bond donors (Lipinski definition) is 0. The molecule has 1 aromatic heterocycles. The number of rotatable bonds is 5. The van der Waals surface area contributed by atoms with Crippen LogP contribution in [0.5, 0.6) is 5.75 Å². The Morgan fingerprint density at radius 1 is 1.17 bits per heavy atom. The molecule has 0 amide bonds. The van der Waals surface area contributed by atoms with E-state index in [1.165, 1.54) is 7.11 Å². The lowest BCUT2D eigenvalue weighted by Crippen LogP contribution is -2.01. The third-order valence-electron chi connectivity index (χ3n) is 3.18. The zero-order chi connectivity index (χ0) is 16.9. The van der Waals surface area contributed by atoms with Gasteiger partial charge in [-0.3, -0.25) is 0 Å². The van der Waals surface area contributed by atoms with Crippen molar-refractivity contribution in [1.82, 2.24) is 10.2 Å². The predicted octanol–water partition coefficient (Wildman–Crippen LogP) is 3.76. The Hall–Kier alpha value is -2.86. The second-order valence-electron chi connectivity index (χ2n) is 4.82. The highest BCUT2D eigenvalue weighted by Crippen LogP contribution is 2.22. The summed E-state index contributed by atoms with van der Waals surface area (Å²) in [6, 6.07) is 13.7. The minimum absolute atomic E-state index is 0.116. The van der Waals surface area contributed by atoms with Crippen LogP contribution in [0.15, 0.2) is 52.9 Å². The number of carbonyl (C=O) groups excluding carboxylic acids is 1. The molecule has 0 N–H and O–H groups in total. The van der Waals surface area contributed by atoms with Crippen molar-refractivity contribution in [3.8, 4) is 17.2 Å². The molecule has 0 aliphatic heterocycles. The van der Waals surface area contributed by atoms with Crippen LogP contribution in [0.4, 0.5) is 0 Å². The molecule has 0 saturated heterocycles. The van der Waals surface area contributed by atoms with Crippen LogP contribution in [0.1, 0.15) is 16.2 Å². The molecule has 1 heterocycles. The van der Waals surface area contributed by atoms with Gasteiger partial charge in [-0.05, 0) is 42.5 Å². The summed E-state index contributed by atoms with van der Waals surface area (Å²) in [5.74, 6) is 0.883. The maximum Gasteiger partial charge on any atom is 0.337 e. The fraction of sp³-hybridized carbons (Fsp3) is 0.118. The first-order valence-corrected chi connectivity index (χ1v) is 7.43. The molecule has 7 heteroatoms. The summed E-state index contributed by atoms with van der Waals surface area (Å²) in [6.45, 7) is 0.116. The predicted molar refractivity (Wildman–Crippen MR) is 86.9 cm³/mol. The summed E-state index contributed by atoms with van der Waals surface area (Å²) in [4.78, 5) is 11.4. The molecule has 3 rings (SSSR count). The zero-order valence-corrected chi connectivity index (χ0v) is 13.5. The van der Waals surface area contributed by atoms with E-state index in [1.807, 2.05) is 6.07 Å². The number of carbonyl (C=O) groups is 1.